The number of nitrogens with zero attached hydrogens (tertiary/aromatic N) is 2. The lowest BCUT2D eigenvalue weighted by molar-refractivity contribution is -0.119. The smallest absolute Gasteiger partial charge is 0.251 e. The lowest BCUT2D eigenvalue weighted by Gasteiger charge is -2.03. The molecule has 1 N–H and O–H groups in total. The van der Waals surface area contributed by atoms with E-state index in [-0.39, 0.29) is 12.5 Å². The van der Waals surface area contributed by atoms with Crippen molar-refractivity contribution in [1.29, 1.82) is 0 Å². The fourth-order valence-electron chi connectivity index (χ4n) is 1.04. The summed E-state index contributed by atoms with van der Waals surface area (Å²) in [5.41, 5.74) is 0.871. The Bertz CT molecular complexity index is 306. The van der Waals surface area contributed by atoms with Gasteiger partial charge in [-0.25, -0.2) is 0 Å². The molecule has 0 aliphatic rings. The number of carbonyl (C=O) groups is 1. The van der Waals surface area contributed by atoms with E-state index in [0.29, 0.717) is 5.82 Å². The molecule has 0 saturated carbocycles. The van der Waals surface area contributed by atoms with E-state index >= 15 is 0 Å². The summed E-state index contributed by atoms with van der Waals surface area (Å²) in [6.07, 6.45) is 0. The van der Waals surface area contributed by atoms with Gasteiger partial charge in [0.15, 0.2) is 0 Å². The van der Waals surface area contributed by atoms with Crippen molar-refractivity contribution >= 4 is 11.7 Å². The van der Waals surface area contributed by atoms with Crippen LogP contribution in [0.2, 0.25) is 0 Å². The maximum Gasteiger partial charge on any atom is 0.251 e. The lowest BCUT2D eigenvalue weighted by Crippen LogP contribution is -2.18. The van der Waals surface area contributed by atoms with Gasteiger partial charge < -0.3 is 10.1 Å². The molecule has 1 rings (SSSR count). The summed E-state index contributed by atoms with van der Waals surface area (Å²) in [6.45, 7) is 1.93. The van der Waals surface area contributed by atoms with Crippen molar-refractivity contribution in [2.24, 2.45) is 7.05 Å². The number of amides is 1. The molecule has 0 unspecified atom stereocenters. The molecule has 0 aliphatic heterocycles. The predicted octanol–water partition coefficient (Wildman–Crippen LogP) is 0.313. The number of carbonyl (C=O) groups excluding carboxylic acids is 1. The Labute approximate surface area is 76.7 Å². The SMILES string of the molecule is COCC(=O)Nc1cc(C)nn1C. The monoisotopic (exact) mass is 183 g/mol. The number of hydrogen-bond acceptors (Lipinski definition) is 3. The summed E-state index contributed by atoms with van der Waals surface area (Å²) in [5, 5.41) is 6.75. The van der Waals surface area contributed by atoms with Gasteiger partial charge in [-0.15, -0.1) is 0 Å². The number of anilines is 1. The molecule has 0 radical (unpaired) electrons. The average Bonchev–Trinajstić information content (AvgIpc) is 2.30. The van der Waals surface area contributed by atoms with E-state index in [1.165, 1.54) is 7.11 Å². The zero-order valence-corrected chi connectivity index (χ0v) is 8.00. The zero-order valence-electron chi connectivity index (χ0n) is 8.00. The van der Waals surface area contributed by atoms with Crippen LogP contribution in [0.3, 0.4) is 0 Å². The van der Waals surface area contributed by atoms with E-state index < -0.39 is 0 Å². The molecule has 5 heteroatoms. The highest BCUT2D eigenvalue weighted by atomic mass is 16.5. The van der Waals surface area contributed by atoms with Crippen LogP contribution in [-0.2, 0) is 16.6 Å². The second-order valence-corrected chi connectivity index (χ2v) is 2.78. The molecule has 5 nitrogen and oxygen atoms in total. The lowest BCUT2D eigenvalue weighted by atomic mass is 10.4. The van der Waals surface area contributed by atoms with Crippen molar-refractivity contribution in [3.05, 3.63) is 11.8 Å². The van der Waals surface area contributed by atoms with Gasteiger partial charge in [-0.3, -0.25) is 9.48 Å². The second kappa shape index (κ2) is 4.04. The summed E-state index contributed by atoms with van der Waals surface area (Å²) >= 11 is 0. The zero-order chi connectivity index (χ0) is 9.84. The van der Waals surface area contributed by atoms with Gasteiger partial charge in [-0.05, 0) is 6.92 Å². The van der Waals surface area contributed by atoms with E-state index in [2.05, 4.69) is 15.2 Å². The van der Waals surface area contributed by atoms with Crippen LogP contribution < -0.4 is 5.32 Å². The molecule has 0 aliphatic carbocycles. The number of ether oxygens (including phenoxy) is 1. The fourth-order valence-corrected chi connectivity index (χ4v) is 1.04. The first-order chi connectivity index (χ1) is 6.13. The molecule has 0 spiro atoms. The van der Waals surface area contributed by atoms with E-state index in [4.69, 9.17) is 0 Å². The maximum atomic E-state index is 11.1. The standard InChI is InChI=1S/C8H13N3O2/c1-6-4-7(11(2)10-6)9-8(12)5-13-3/h4H,5H2,1-3H3,(H,9,12). The third kappa shape index (κ3) is 2.55. The number of methoxy groups -OCH3 is 1. The van der Waals surface area contributed by atoms with Crippen LogP contribution >= 0.6 is 0 Å². The van der Waals surface area contributed by atoms with Gasteiger partial charge in [0.25, 0.3) is 5.91 Å². The number of aromatic nitrogens is 2. The van der Waals surface area contributed by atoms with E-state index in [1.54, 1.807) is 17.8 Å². The molecule has 72 valence electrons. The molecule has 1 amide bonds. The molecule has 0 fully saturated rings. The van der Waals surface area contributed by atoms with E-state index in [1.807, 2.05) is 6.92 Å². The van der Waals surface area contributed by atoms with Gasteiger partial charge in [-0.2, -0.15) is 5.10 Å². The highest BCUT2D eigenvalue weighted by Crippen LogP contribution is 2.07. The number of aryl methyl sites for hydroxylation is 2. The minimum absolute atomic E-state index is 0.0597. The molecular weight excluding hydrogens is 170 g/mol. The Morgan fingerprint density at radius 1 is 1.77 bits per heavy atom. The second-order valence-electron chi connectivity index (χ2n) is 2.78. The normalized spacial score (nSPS) is 10.1. The Morgan fingerprint density at radius 2 is 2.46 bits per heavy atom. The summed E-state index contributed by atoms with van der Waals surface area (Å²) in [5.74, 6) is 0.505. The van der Waals surface area contributed by atoms with Crippen LogP contribution in [0.1, 0.15) is 5.69 Å². The molecule has 0 aromatic carbocycles. The number of hydrogen-bond donors (Lipinski definition) is 1. The fraction of sp³-hybridized carbons (Fsp3) is 0.500. The van der Waals surface area contributed by atoms with Crippen molar-refractivity contribution in [2.45, 2.75) is 6.92 Å². The van der Waals surface area contributed by atoms with Crippen LogP contribution in [0.25, 0.3) is 0 Å². The topological polar surface area (TPSA) is 56.1 Å². The Balaban J connectivity index is 2.63. The third-order valence-electron chi connectivity index (χ3n) is 1.54. The summed E-state index contributed by atoms with van der Waals surface area (Å²) in [4.78, 5) is 11.1. The number of nitrogens with one attached hydrogen (secondary N) is 1. The Hall–Kier alpha value is -1.36. The maximum absolute atomic E-state index is 11.1. The quantitative estimate of drug-likeness (QED) is 0.734. The van der Waals surface area contributed by atoms with Crippen molar-refractivity contribution in [2.75, 3.05) is 19.0 Å². The van der Waals surface area contributed by atoms with Gasteiger partial charge in [0, 0.05) is 20.2 Å². The van der Waals surface area contributed by atoms with Gasteiger partial charge in [0.1, 0.15) is 12.4 Å². The molecule has 13 heavy (non-hydrogen) atoms. The van der Waals surface area contributed by atoms with E-state index in [0.717, 1.165) is 5.69 Å². The average molecular weight is 183 g/mol. The predicted molar refractivity (Wildman–Crippen MR) is 48.5 cm³/mol. The van der Waals surface area contributed by atoms with Crippen molar-refractivity contribution in [1.82, 2.24) is 9.78 Å². The summed E-state index contributed by atoms with van der Waals surface area (Å²) < 4.78 is 6.29. The van der Waals surface area contributed by atoms with Crippen LogP contribution in [0.4, 0.5) is 5.82 Å². The first-order valence-electron chi connectivity index (χ1n) is 3.93. The van der Waals surface area contributed by atoms with Gasteiger partial charge >= 0.3 is 0 Å². The first kappa shape index (κ1) is 9.73. The van der Waals surface area contributed by atoms with Gasteiger partial charge in [0.2, 0.25) is 0 Å². The highest BCUT2D eigenvalue weighted by molar-refractivity contribution is 5.90. The van der Waals surface area contributed by atoms with Crippen molar-refractivity contribution < 1.29 is 9.53 Å². The minimum Gasteiger partial charge on any atom is -0.375 e. The van der Waals surface area contributed by atoms with Crippen LogP contribution in [-0.4, -0.2) is 29.4 Å². The van der Waals surface area contributed by atoms with Crippen molar-refractivity contribution in [3.8, 4) is 0 Å². The minimum atomic E-state index is -0.175. The molecule has 1 aromatic rings. The highest BCUT2D eigenvalue weighted by Gasteiger charge is 2.05. The van der Waals surface area contributed by atoms with Crippen LogP contribution in [0.15, 0.2) is 6.07 Å². The van der Waals surface area contributed by atoms with Crippen LogP contribution in [0, 0.1) is 6.92 Å². The number of rotatable bonds is 3. The Morgan fingerprint density at radius 3 is 2.92 bits per heavy atom. The molecule has 0 saturated heterocycles. The Kier molecular flexibility index (Phi) is 3.02. The summed E-state index contributed by atoms with van der Waals surface area (Å²) in [7, 11) is 3.25. The molecule has 0 atom stereocenters. The van der Waals surface area contributed by atoms with Crippen LogP contribution in [0.5, 0.6) is 0 Å². The van der Waals surface area contributed by atoms with E-state index in [9.17, 15) is 4.79 Å². The molecule has 1 heterocycles. The molecular formula is C8H13N3O2. The largest absolute Gasteiger partial charge is 0.375 e. The van der Waals surface area contributed by atoms with Gasteiger partial charge in [-0.1, -0.05) is 0 Å². The molecule has 0 bridgehead atoms. The van der Waals surface area contributed by atoms with Crippen molar-refractivity contribution in [3.63, 3.8) is 0 Å². The first-order valence-corrected chi connectivity index (χ1v) is 3.93. The van der Waals surface area contributed by atoms with Gasteiger partial charge in [0.05, 0.1) is 5.69 Å². The summed E-state index contributed by atoms with van der Waals surface area (Å²) in [6, 6.07) is 1.80. The third-order valence-corrected chi connectivity index (χ3v) is 1.54. The molecule has 1 aromatic heterocycles.